The molecule has 1 fully saturated rings. The highest BCUT2D eigenvalue weighted by atomic mass is 35.5. The minimum atomic E-state index is 0.109. The summed E-state index contributed by atoms with van der Waals surface area (Å²) in [7, 11) is 0. The van der Waals surface area contributed by atoms with Crippen molar-refractivity contribution in [2.45, 2.75) is 31.7 Å². The van der Waals surface area contributed by atoms with Gasteiger partial charge in [-0.05, 0) is 24.4 Å². The van der Waals surface area contributed by atoms with Crippen molar-refractivity contribution in [3.63, 3.8) is 0 Å². The summed E-state index contributed by atoms with van der Waals surface area (Å²) in [4.78, 5) is 6.22. The molecule has 1 heterocycles. The highest BCUT2D eigenvalue weighted by Gasteiger charge is 2.23. The molecule has 0 amide bonds. The minimum Gasteiger partial charge on any atom is -0.395 e. The second-order valence-electron chi connectivity index (χ2n) is 3.94. The molecule has 2 rings (SSSR count). The molecule has 0 radical (unpaired) electrons. The Bertz CT molecular complexity index is 343. The van der Waals surface area contributed by atoms with Gasteiger partial charge in [-0.15, -0.1) is 5.10 Å². The first-order valence-corrected chi connectivity index (χ1v) is 5.92. The van der Waals surface area contributed by atoms with E-state index in [9.17, 15) is 0 Å². The molecular weight excluding hydrogens is 228 g/mol. The van der Waals surface area contributed by atoms with Crippen molar-refractivity contribution in [3.8, 4) is 0 Å². The molecule has 1 aliphatic carbocycles. The molecule has 1 N–H and O–H groups in total. The fourth-order valence-corrected chi connectivity index (χ4v) is 2.35. The molecule has 5 nitrogen and oxygen atoms in total. The normalized spacial score (nSPS) is 16.6. The summed E-state index contributed by atoms with van der Waals surface area (Å²) in [5.41, 5.74) is 0. The van der Waals surface area contributed by atoms with E-state index >= 15 is 0 Å². The largest absolute Gasteiger partial charge is 0.395 e. The summed E-state index contributed by atoms with van der Waals surface area (Å²) in [5.74, 6) is 0.709. The third-order valence-corrected chi connectivity index (χ3v) is 3.08. The summed E-state index contributed by atoms with van der Waals surface area (Å²) in [6.07, 6.45) is 6.35. The first-order valence-electron chi connectivity index (χ1n) is 5.54. The van der Waals surface area contributed by atoms with Crippen LogP contribution >= 0.6 is 11.6 Å². The van der Waals surface area contributed by atoms with E-state index in [4.69, 9.17) is 16.7 Å². The topological polar surface area (TPSA) is 62.1 Å². The molecule has 1 aromatic rings. The second-order valence-corrected chi connectivity index (χ2v) is 4.28. The van der Waals surface area contributed by atoms with E-state index in [1.54, 1.807) is 6.20 Å². The Hall–Kier alpha value is -0.940. The van der Waals surface area contributed by atoms with Gasteiger partial charge in [0.25, 0.3) is 0 Å². The van der Waals surface area contributed by atoms with Crippen molar-refractivity contribution in [2.24, 2.45) is 0 Å². The van der Waals surface area contributed by atoms with Crippen LogP contribution < -0.4 is 4.90 Å². The molecule has 0 spiro atoms. The summed E-state index contributed by atoms with van der Waals surface area (Å²) >= 11 is 5.72. The monoisotopic (exact) mass is 242 g/mol. The number of nitrogens with zero attached hydrogens (tertiary/aromatic N) is 4. The molecule has 0 saturated heterocycles. The van der Waals surface area contributed by atoms with Crippen molar-refractivity contribution in [1.29, 1.82) is 0 Å². The van der Waals surface area contributed by atoms with Gasteiger partial charge in [0.15, 0.2) is 5.82 Å². The van der Waals surface area contributed by atoms with Crippen LogP contribution in [0.5, 0.6) is 0 Å². The predicted molar refractivity (Wildman–Crippen MR) is 61.5 cm³/mol. The van der Waals surface area contributed by atoms with Crippen LogP contribution in [0.15, 0.2) is 6.20 Å². The summed E-state index contributed by atoms with van der Waals surface area (Å²) in [6.45, 7) is 0.678. The standard InChI is InChI=1S/C10H15ClN4O/c11-10-13-9(7-12-14-10)15(5-6-16)8-3-1-2-4-8/h7-8,16H,1-6H2. The van der Waals surface area contributed by atoms with E-state index in [0.717, 1.165) is 12.8 Å². The fourth-order valence-electron chi connectivity index (χ4n) is 2.22. The molecule has 1 aliphatic rings. The zero-order chi connectivity index (χ0) is 11.4. The second kappa shape index (κ2) is 5.41. The van der Waals surface area contributed by atoms with Crippen LogP contribution in [0.3, 0.4) is 0 Å². The van der Waals surface area contributed by atoms with Gasteiger partial charge >= 0.3 is 0 Å². The van der Waals surface area contributed by atoms with Crippen molar-refractivity contribution >= 4 is 17.4 Å². The fraction of sp³-hybridized carbons (Fsp3) is 0.700. The number of aliphatic hydroxyl groups excluding tert-OH is 1. The molecular formula is C10H15ClN4O. The first-order chi connectivity index (χ1) is 7.81. The minimum absolute atomic E-state index is 0.109. The molecule has 1 aromatic heterocycles. The van der Waals surface area contributed by atoms with Crippen LogP contribution in [0.1, 0.15) is 25.7 Å². The Morgan fingerprint density at radius 1 is 1.44 bits per heavy atom. The lowest BCUT2D eigenvalue weighted by atomic mass is 10.2. The zero-order valence-electron chi connectivity index (χ0n) is 9.01. The van der Waals surface area contributed by atoms with Gasteiger partial charge in [0.2, 0.25) is 5.28 Å². The Morgan fingerprint density at radius 2 is 2.19 bits per heavy atom. The third-order valence-electron chi connectivity index (χ3n) is 2.92. The molecule has 0 atom stereocenters. The maximum Gasteiger partial charge on any atom is 0.244 e. The van der Waals surface area contributed by atoms with Crippen LogP contribution in [-0.2, 0) is 0 Å². The quantitative estimate of drug-likeness (QED) is 0.862. The average Bonchev–Trinajstić information content (AvgIpc) is 2.79. The maximum absolute atomic E-state index is 9.09. The van der Waals surface area contributed by atoms with Crippen LogP contribution in [0, 0.1) is 0 Å². The first kappa shape index (κ1) is 11.5. The molecule has 0 aliphatic heterocycles. The number of halogens is 1. The van der Waals surface area contributed by atoms with E-state index in [1.807, 2.05) is 0 Å². The van der Waals surface area contributed by atoms with Gasteiger partial charge in [-0.1, -0.05) is 12.8 Å². The van der Waals surface area contributed by atoms with Gasteiger partial charge in [-0.25, -0.2) is 0 Å². The molecule has 6 heteroatoms. The summed E-state index contributed by atoms with van der Waals surface area (Å²) in [6, 6.07) is 0.444. The smallest absolute Gasteiger partial charge is 0.244 e. The number of aliphatic hydroxyl groups is 1. The Morgan fingerprint density at radius 3 is 2.81 bits per heavy atom. The highest BCUT2D eigenvalue weighted by Crippen LogP contribution is 2.26. The molecule has 0 unspecified atom stereocenters. The van der Waals surface area contributed by atoms with Crippen molar-refractivity contribution in [2.75, 3.05) is 18.1 Å². The Balaban J connectivity index is 2.17. The number of aromatic nitrogens is 3. The van der Waals surface area contributed by atoms with Crippen LogP contribution in [0.4, 0.5) is 5.82 Å². The van der Waals surface area contributed by atoms with E-state index in [-0.39, 0.29) is 11.9 Å². The van der Waals surface area contributed by atoms with E-state index in [0.29, 0.717) is 18.4 Å². The Labute approximate surface area is 99.5 Å². The van der Waals surface area contributed by atoms with Crippen molar-refractivity contribution in [1.82, 2.24) is 15.2 Å². The third kappa shape index (κ3) is 2.59. The lowest BCUT2D eigenvalue weighted by Gasteiger charge is -2.28. The van der Waals surface area contributed by atoms with E-state index in [2.05, 4.69) is 20.1 Å². The molecule has 0 aromatic carbocycles. The van der Waals surface area contributed by atoms with Crippen molar-refractivity contribution < 1.29 is 5.11 Å². The average molecular weight is 243 g/mol. The van der Waals surface area contributed by atoms with Crippen molar-refractivity contribution in [3.05, 3.63) is 11.5 Å². The Kier molecular flexibility index (Phi) is 3.90. The van der Waals surface area contributed by atoms with Gasteiger partial charge in [-0.3, -0.25) is 0 Å². The molecule has 1 saturated carbocycles. The van der Waals surface area contributed by atoms with Crippen LogP contribution in [0.2, 0.25) is 5.28 Å². The number of rotatable bonds is 4. The highest BCUT2D eigenvalue weighted by molar-refractivity contribution is 6.28. The lowest BCUT2D eigenvalue weighted by Crippen LogP contribution is -2.36. The van der Waals surface area contributed by atoms with Gasteiger partial charge in [0, 0.05) is 12.6 Å². The van der Waals surface area contributed by atoms with Gasteiger partial charge < -0.3 is 10.0 Å². The predicted octanol–water partition coefficient (Wildman–Crippen LogP) is 1.27. The van der Waals surface area contributed by atoms with Crippen LogP contribution in [0.25, 0.3) is 0 Å². The van der Waals surface area contributed by atoms with E-state index in [1.165, 1.54) is 12.8 Å². The zero-order valence-corrected chi connectivity index (χ0v) is 9.77. The summed E-state index contributed by atoms with van der Waals surface area (Å²) < 4.78 is 0. The molecule has 16 heavy (non-hydrogen) atoms. The maximum atomic E-state index is 9.09. The van der Waals surface area contributed by atoms with Gasteiger partial charge in [0.1, 0.15) is 0 Å². The lowest BCUT2D eigenvalue weighted by molar-refractivity contribution is 0.296. The van der Waals surface area contributed by atoms with Gasteiger partial charge in [-0.2, -0.15) is 10.1 Å². The van der Waals surface area contributed by atoms with Crippen LogP contribution in [-0.4, -0.2) is 39.5 Å². The number of anilines is 1. The molecule has 88 valence electrons. The SMILES string of the molecule is OCCN(c1cnnc(Cl)n1)C1CCCC1. The number of hydrogen-bond acceptors (Lipinski definition) is 5. The number of hydrogen-bond donors (Lipinski definition) is 1. The van der Waals surface area contributed by atoms with Gasteiger partial charge in [0.05, 0.1) is 12.8 Å². The van der Waals surface area contributed by atoms with E-state index < -0.39 is 0 Å². The summed E-state index contributed by atoms with van der Waals surface area (Å²) in [5, 5.41) is 16.7. The molecule has 0 bridgehead atoms.